The van der Waals surface area contributed by atoms with E-state index >= 15 is 0 Å². The van der Waals surface area contributed by atoms with Gasteiger partial charge >= 0.3 is 0 Å². The molecule has 11 nitrogen and oxygen atoms in total. The second-order valence-electron chi connectivity index (χ2n) is 7.08. The summed E-state index contributed by atoms with van der Waals surface area (Å²) in [7, 11) is 0. The number of carbonyl (C=O) groups excluding carboxylic acids is 1. The van der Waals surface area contributed by atoms with Crippen molar-refractivity contribution >= 4 is 11.7 Å². The molecule has 0 aliphatic carbocycles. The van der Waals surface area contributed by atoms with Crippen molar-refractivity contribution in [2.24, 2.45) is 0 Å². The molecule has 0 saturated heterocycles. The summed E-state index contributed by atoms with van der Waals surface area (Å²) in [5, 5.41) is 11.4. The van der Waals surface area contributed by atoms with Crippen LogP contribution in [0.25, 0.3) is 11.6 Å². The highest BCUT2D eigenvalue weighted by atomic mass is 16.2. The summed E-state index contributed by atoms with van der Waals surface area (Å²) in [5.41, 5.74) is 1.30. The van der Waals surface area contributed by atoms with E-state index in [0.717, 1.165) is 21.9 Å². The SMILES string of the molecule is Cc1cc(C)n(-c2ccc(=O)n(C(C)C(=O)Nc3cc(-n4ccnc4C)ncn3)n2)n1. The Kier molecular flexibility index (Phi) is 5.15. The molecule has 4 heterocycles. The Morgan fingerprint density at radius 3 is 2.52 bits per heavy atom. The summed E-state index contributed by atoms with van der Waals surface area (Å²) in [6, 6.07) is 5.60. The van der Waals surface area contributed by atoms with Gasteiger partial charge < -0.3 is 5.32 Å². The van der Waals surface area contributed by atoms with Gasteiger partial charge in [-0.25, -0.2) is 24.3 Å². The van der Waals surface area contributed by atoms with Crippen LogP contribution >= 0.6 is 0 Å². The predicted octanol–water partition coefficient (Wildman–Crippen LogP) is 1.53. The molecule has 0 fully saturated rings. The van der Waals surface area contributed by atoms with Crippen LogP contribution in [0.15, 0.2) is 47.8 Å². The average molecular weight is 419 g/mol. The Balaban J connectivity index is 1.59. The van der Waals surface area contributed by atoms with E-state index in [4.69, 9.17) is 0 Å². The lowest BCUT2D eigenvalue weighted by molar-refractivity contribution is -0.119. The number of anilines is 1. The molecule has 0 bridgehead atoms. The van der Waals surface area contributed by atoms with Crippen LogP contribution < -0.4 is 10.9 Å². The monoisotopic (exact) mass is 419 g/mol. The third kappa shape index (κ3) is 3.97. The number of hydrogen-bond acceptors (Lipinski definition) is 7. The topological polar surface area (TPSA) is 125 Å². The third-order valence-electron chi connectivity index (χ3n) is 4.76. The summed E-state index contributed by atoms with van der Waals surface area (Å²) in [4.78, 5) is 37.7. The van der Waals surface area contributed by atoms with E-state index in [2.05, 4.69) is 30.5 Å². The van der Waals surface area contributed by atoms with E-state index in [1.54, 1.807) is 40.7 Å². The Labute approximate surface area is 177 Å². The van der Waals surface area contributed by atoms with Crippen molar-refractivity contribution in [2.75, 3.05) is 5.32 Å². The highest BCUT2D eigenvalue weighted by Crippen LogP contribution is 2.14. The van der Waals surface area contributed by atoms with Crippen molar-refractivity contribution in [3.8, 4) is 11.6 Å². The van der Waals surface area contributed by atoms with Crippen LogP contribution in [0.2, 0.25) is 0 Å². The summed E-state index contributed by atoms with van der Waals surface area (Å²) in [6.45, 7) is 7.20. The molecule has 1 N–H and O–H groups in total. The molecule has 4 aromatic rings. The number of imidazole rings is 1. The van der Waals surface area contributed by atoms with Gasteiger partial charge in [0, 0.05) is 30.2 Å². The molecule has 0 aliphatic heterocycles. The summed E-state index contributed by atoms with van der Waals surface area (Å²) in [5.74, 6) is 1.63. The van der Waals surface area contributed by atoms with Gasteiger partial charge in [-0.3, -0.25) is 14.2 Å². The van der Waals surface area contributed by atoms with E-state index < -0.39 is 17.5 Å². The number of nitrogens with zero attached hydrogens (tertiary/aromatic N) is 8. The number of aromatic nitrogens is 8. The molecule has 0 saturated carbocycles. The number of aryl methyl sites for hydroxylation is 3. The van der Waals surface area contributed by atoms with E-state index in [0.29, 0.717) is 17.5 Å². The fourth-order valence-electron chi connectivity index (χ4n) is 3.18. The molecule has 4 aromatic heterocycles. The second kappa shape index (κ2) is 7.94. The maximum absolute atomic E-state index is 12.8. The number of rotatable bonds is 5. The van der Waals surface area contributed by atoms with Crippen molar-refractivity contribution < 1.29 is 4.79 Å². The standard InChI is InChI=1S/C20H21N9O2/c1-12-9-13(2)28(25-12)17-5-6-19(30)29(26-17)14(3)20(31)24-16-10-18(23-11-22-16)27-8-7-21-15(27)4/h5-11,14H,1-4H3,(H,22,23,24,31). The molecule has 1 amide bonds. The van der Waals surface area contributed by atoms with Crippen LogP contribution in [-0.2, 0) is 4.79 Å². The van der Waals surface area contributed by atoms with Gasteiger partial charge in [-0.05, 0) is 39.8 Å². The first-order valence-corrected chi connectivity index (χ1v) is 9.60. The van der Waals surface area contributed by atoms with Gasteiger partial charge in [0.05, 0.1) is 5.69 Å². The van der Waals surface area contributed by atoms with Gasteiger partial charge in [-0.15, -0.1) is 5.10 Å². The highest BCUT2D eigenvalue weighted by Gasteiger charge is 2.20. The lowest BCUT2D eigenvalue weighted by Crippen LogP contribution is -2.34. The normalized spacial score (nSPS) is 12.0. The van der Waals surface area contributed by atoms with Gasteiger partial charge in [0.15, 0.2) is 5.82 Å². The second-order valence-corrected chi connectivity index (χ2v) is 7.08. The van der Waals surface area contributed by atoms with Gasteiger partial charge in [-0.2, -0.15) is 5.10 Å². The van der Waals surface area contributed by atoms with Gasteiger partial charge in [0.2, 0.25) is 5.91 Å². The molecule has 31 heavy (non-hydrogen) atoms. The van der Waals surface area contributed by atoms with Crippen LogP contribution in [0.5, 0.6) is 0 Å². The van der Waals surface area contributed by atoms with Crippen molar-refractivity contribution in [3.05, 3.63) is 70.6 Å². The number of hydrogen-bond donors (Lipinski definition) is 1. The van der Waals surface area contributed by atoms with E-state index in [-0.39, 0.29) is 0 Å². The Morgan fingerprint density at radius 1 is 1.03 bits per heavy atom. The zero-order valence-electron chi connectivity index (χ0n) is 17.5. The minimum absolute atomic E-state index is 0.303. The summed E-state index contributed by atoms with van der Waals surface area (Å²) >= 11 is 0. The van der Waals surface area contributed by atoms with Crippen LogP contribution in [-0.4, -0.2) is 45.0 Å². The van der Waals surface area contributed by atoms with Crippen molar-refractivity contribution in [1.29, 1.82) is 0 Å². The van der Waals surface area contributed by atoms with Crippen LogP contribution in [0.3, 0.4) is 0 Å². The minimum Gasteiger partial charge on any atom is -0.309 e. The average Bonchev–Trinajstić information content (AvgIpc) is 3.32. The molecule has 0 aliphatic rings. The fraction of sp³-hybridized carbons (Fsp3) is 0.250. The quantitative estimate of drug-likeness (QED) is 0.520. The first-order chi connectivity index (χ1) is 14.8. The first kappa shape index (κ1) is 20.1. The van der Waals surface area contributed by atoms with Gasteiger partial charge in [0.25, 0.3) is 5.56 Å². The fourth-order valence-corrected chi connectivity index (χ4v) is 3.18. The van der Waals surface area contributed by atoms with Crippen molar-refractivity contribution in [2.45, 2.75) is 33.7 Å². The van der Waals surface area contributed by atoms with Crippen LogP contribution in [0, 0.1) is 20.8 Å². The first-order valence-electron chi connectivity index (χ1n) is 9.60. The van der Waals surface area contributed by atoms with Gasteiger partial charge in [-0.1, -0.05) is 0 Å². The third-order valence-corrected chi connectivity index (χ3v) is 4.76. The van der Waals surface area contributed by atoms with E-state index in [1.165, 1.54) is 12.4 Å². The molecule has 0 spiro atoms. The number of carbonyl (C=O) groups is 1. The maximum Gasteiger partial charge on any atom is 0.267 e. The molecule has 4 rings (SSSR count). The molecule has 1 unspecified atom stereocenters. The van der Waals surface area contributed by atoms with Crippen molar-refractivity contribution in [1.82, 2.24) is 39.1 Å². The maximum atomic E-state index is 12.8. The lowest BCUT2D eigenvalue weighted by Gasteiger charge is -2.15. The van der Waals surface area contributed by atoms with Gasteiger partial charge in [0.1, 0.15) is 29.8 Å². The molecule has 1 atom stereocenters. The minimum atomic E-state index is -0.877. The Bertz CT molecular complexity index is 1320. The van der Waals surface area contributed by atoms with E-state index in [9.17, 15) is 9.59 Å². The Morgan fingerprint density at radius 2 is 1.84 bits per heavy atom. The largest absolute Gasteiger partial charge is 0.309 e. The Hall–Kier alpha value is -4.15. The van der Waals surface area contributed by atoms with Crippen molar-refractivity contribution in [3.63, 3.8) is 0 Å². The zero-order chi connectivity index (χ0) is 22.1. The number of amides is 1. The summed E-state index contributed by atoms with van der Waals surface area (Å²) < 4.78 is 4.52. The van der Waals surface area contributed by atoms with E-state index in [1.807, 2.05) is 26.8 Å². The molecule has 11 heteroatoms. The molecular formula is C20H21N9O2. The number of nitrogens with one attached hydrogen (secondary N) is 1. The molecule has 158 valence electrons. The summed E-state index contributed by atoms with van der Waals surface area (Å²) in [6.07, 6.45) is 4.77. The highest BCUT2D eigenvalue weighted by molar-refractivity contribution is 5.92. The molecule has 0 radical (unpaired) electrons. The van der Waals surface area contributed by atoms with Crippen LogP contribution in [0.1, 0.15) is 30.2 Å². The smallest absolute Gasteiger partial charge is 0.267 e. The zero-order valence-corrected chi connectivity index (χ0v) is 17.5. The predicted molar refractivity (Wildman–Crippen MR) is 112 cm³/mol. The molecule has 0 aromatic carbocycles. The lowest BCUT2D eigenvalue weighted by atomic mass is 10.3. The molecular weight excluding hydrogens is 398 g/mol. The van der Waals surface area contributed by atoms with Crippen LogP contribution in [0.4, 0.5) is 5.82 Å².